The number of rotatable bonds is 4. The van der Waals surface area contributed by atoms with E-state index in [0.717, 1.165) is 31.1 Å². The van der Waals surface area contributed by atoms with Gasteiger partial charge in [0.1, 0.15) is 5.82 Å². The highest BCUT2D eigenvalue weighted by Gasteiger charge is 2.15. The zero-order valence-electron chi connectivity index (χ0n) is 12.8. The van der Waals surface area contributed by atoms with Crippen LogP contribution in [0.25, 0.3) is 0 Å². The number of urea groups is 1. The number of nitrogens with zero attached hydrogens (tertiary/aromatic N) is 1. The van der Waals surface area contributed by atoms with Crippen LogP contribution in [0, 0.1) is 18.7 Å². The van der Waals surface area contributed by atoms with Crippen LogP contribution in [0.3, 0.4) is 0 Å². The highest BCUT2D eigenvalue weighted by atomic mass is 19.1. The summed E-state index contributed by atoms with van der Waals surface area (Å²) >= 11 is 0. The summed E-state index contributed by atoms with van der Waals surface area (Å²) in [5, 5.41) is 5.31. The van der Waals surface area contributed by atoms with Crippen LogP contribution in [0.5, 0.6) is 0 Å². The van der Waals surface area contributed by atoms with Crippen LogP contribution in [-0.4, -0.2) is 37.1 Å². The van der Waals surface area contributed by atoms with E-state index < -0.39 is 5.82 Å². The average Bonchev–Trinajstić information content (AvgIpc) is 2.44. The number of amides is 2. The summed E-state index contributed by atoms with van der Waals surface area (Å²) in [6.07, 6.45) is 2.45. The fourth-order valence-electron chi connectivity index (χ4n) is 2.50. The number of nitrogens with one attached hydrogen (secondary N) is 2. The van der Waals surface area contributed by atoms with Crippen molar-refractivity contribution >= 4 is 11.7 Å². The predicted molar refractivity (Wildman–Crippen MR) is 83.0 cm³/mol. The quantitative estimate of drug-likeness (QED) is 0.896. The Bertz CT molecular complexity index is 484. The lowest BCUT2D eigenvalue weighted by molar-refractivity contribution is 0.192. The van der Waals surface area contributed by atoms with Crippen molar-refractivity contribution in [2.75, 3.05) is 31.5 Å². The summed E-state index contributed by atoms with van der Waals surface area (Å²) in [5.74, 6) is 0.400. The predicted octanol–water partition coefficient (Wildman–Crippen LogP) is 2.99. The molecule has 1 aromatic carbocycles. The Labute approximate surface area is 125 Å². The zero-order chi connectivity index (χ0) is 15.2. The fourth-order valence-corrected chi connectivity index (χ4v) is 2.50. The minimum Gasteiger partial charge on any atom is -0.337 e. The van der Waals surface area contributed by atoms with Gasteiger partial charge in [0.2, 0.25) is 0 Å². The Morgan fingerprint density at radius 1 is 1.38 bits per heavy atom. The average molecular weight is 293 g/mol. The van der Waals surface area contributed by atoms with E-state index in [1.54, 1.807) is 12.1 Å². The van der Waals surface area contributed by atoms with Gasteiger partial charge in [-0.05, 0) is 56.5 Å². The van der Waals surface area contributed by atoms with Crippen molar-refractivity contribution in [2.24, 2.45) is 5.92 Å². The van der Waals surface area contributed by atoms with Crippen molar-refractivity contribution in [3.8, 4) is 0 Å². The van der Waals surface area contributed by atoms with E-state index in [0.29, 0.717) is 6.54 Å². The van der Waals surface area contributed by atoms with Crippen LogP contribution in [0.1, 0.15) is 25.3 Å². The molecule has 4 nitrogen and oxygen atoms in total. The zero-order valence-corrected chi connectivity index (χ0v) is 12.8. The third kappa shape index (κ3) is 5.01. The summed E-state index contributed by atoms with van der Waals surface area (Å²) in [7, 11) is 0. The molecule has 0 radical (unpaired) electrons. The van der Waals surface area contributed by atoms with E-state index in [1.165, 1.54) is 18.9 Å². The largest absolute Gasteiger partial charge is 0.337 e. The molecule has 2 N–H and O–H groups in total. The van der Waals surface area contributed by atoms with Crippen LogP contribution in [0.2, 0.25) is 0 Å². The van der Waals surface area contributed by atoms with Gasteiger partial charge in [0.05, 0.1) is 5.69 Å². The van der Waals surface area contributed by atoms with Crippen LogP contribution < -0.4 is 10.6 Å². The summed E-state index contributed by atoms with van der Waals surface area (Å²) < 4.78 is 13.6. The summed E-state index contributed by atoms with van der Waals surface area (Å²) in [6.45, 7) is 7.70. The number of carbonyl (C=O) groups is 1. The van der Waals surface area contributed by atoms with E-state index in [4.69, 9.17) is 0 Å². The van der Waals surface area contributed by atoms with Crippen LogP contribution in [0.4, 0.5) is 14.9 Å². The second-order valence-corrected chi connectivity index (χ2v) is 5.89. The summed E-state index contributed by atoms with van der Waals surface area (Å²) in [5.41, 5.74) is 1.04. The van der Waals surface area contributed by atoms with E-state index in [-0.39, 0.29) is 11.7 Å². The van der Waals surface area contributed by atoms with Crippen LogP contribution in [0.15, 0.2) is 18.2 Å². The number of aryl methyl sites for hydroxylation is 1. The Morgan fingerprint density at radius 2 is 2.10 bits per heavy atom. The van der Waals surface area contributed by atoms with Crippen molar-refractivity contribution in [3.05, 3.63) is 29.6 Å². The maximum Gasteiger partial charge on any atom is 0.319 e. The molecular formula is C16H24FN3O. The molecule has 0 unspecified atom stereocenters. The van der Waals surface area contributed by atoms with E-state index in [9.17, 15) is 9.18 Å². The SMILES string of the molecule is Cc1ccc(NC(=O)NCCN2CCC(C)CC2)c(F)c1. The maximum absolute atomic E-state index is 13.6. The molecule has 1 aliphatic rings. The molecule has 0 aliphatic carbocycles. The molecule has 1 aliphatic heterocycles. The van der Waals surface area contributed by atoms with Crippen molar-refractivity contribution in [1.82, 2.24) is 10.2 Å². The monoisotopic (exact) mass is 293 g/mol. The minimum atomic E-state index is -0.407. The lowest BCUT2D eigenvalue weighted by Crippen LogP contribution is -2.40. The van der Waals surface area contributed by atoms with Gasteiger partial charge in [-0.1, -0.05) is 13.0 Å². The van der Waals surface area contributed by atoms with Gasteiger partial charge < -0.3 is 15.5 Å². The first kappa shape index (κ1) is 15.8. The van der Waals surface area contributed by atoms with Gasteiger partial charge >= 0.3 is 6.03 Å². The Kier molecular flexibility index (Phi) is 5.56. The van der Waals surface area contributed by atoms with Crippen LogP contribution >= 0.6 is 0 Å². The maximum atomic E-state index is 13.6. The van der Waals surface area contributed by atoms with E-state index in [2.05, 4.69) is 22.5 Å². The van der Waals surface area contributed by atoms with Gasteiger partial charge in [-0.15, -0.1) is 0 Å². The molecule has 1 saturated heterocycles. The molecule has 0 saturated carbocycles. The van der Waals surface area contributed by atoms with Gasteiger partial charge in [-0.3, -0.25) is 0 Å². The molecule has 2 amide bonds. The number of anilines is 1. The molecule has 1 fully saturated rings. The second-order valence-electron chi connectivity index (χ2n) is 5.89. The lowest BCUT2D eigenvalue weighted by Gasteiger charge is -2.30. The van der Waals surface area contributed by atoms with Crippen molar-refractivity contribution in [3.63, 3.8) is 0 Å². The third-order valence-corrected chi connectivity index (χ3v) is 3.96. The van der Waals surface area contributed by atoms with E-state index in [1.807, 2.05) is 6.92 Å². The third-order valence-electron chi connectivity index (χ3n) is 3.96. The second kappa shape index (κ2) is 7.41. The number of hydrogen-bond donors (Lipinski definition) is 2. The number of carbonyl (C=O) groups excluding carboxylic acids is 1. The molecule has 0 spiro atoms. The summed E-state index contributed by atoms with van der Waals surface area (Å²) in [6, 6.07) is 4.40. The molecule has 21 heavy (non-hydrogen) atoms. The normalized spacial score (nSPS) is 16.7. The molecule has 5 heteroatoms. The Hall–Kier alpha value is -1.62. The highest BCUT2D eigenvalue weighted by molar-refractivity contribution is 5.89. The van der Waals surface area contributed by atoms with Crippen molar-refractivity contribution in [1.29, 1.82) is 0 Å². The number of benzene rings is 1. The van der Waals surface area contributed by atoms with Gasteiger partial charge in [0.25, 0.3) is 0 Å². The van der Waals surface area contributed by atoms with Gasteiger partial charge in [-0.25, -0.2) is 9.18 Å². The molecule has 0 aromatic heterocycles. The van der Waals surface area contributed by atoms with Crippen LogP contribution in [-0.2, 0) is 0 Å². The molecule has 0 bridgehead atoms. The number of likely N-dealkylation sites (tertiary alicyclic amines) is 1. The van der Waals surface area contributed by atoms with Gasteiger partial charge in [-0.2, -0.15) is 0 Å². The van der Waals surface area contributed by atoms with Crippen molar-refractivity contribution in [2.45, 2.75) is 26.7 Å². The summed E-state index contributed by atoms with van der Waals surface area (Å²) in [4.78, 5) is 14.1. The Morgan fingerprint density at radius 3 is 2.76 bits per heavy atom. The molecule has 1 aromatic rings. The number of piperidine rings is 1. The molecule has 2 rings (SSSR count). The number of halogens is 1. The molecular weight excluding hydrogens is 269 g/mol. The van der Waals surface area contributed by atoms with Gasteiger partial charge in [0.15, 0.2) is 0 Å². The molecule has 0 atom stereocenters. The smallest absolute Gasteiger partial charge is 0.319 e. The first-order chi connectivity index (χ1) is 10.0. The lowest BCUT2D eigenvalue weighted by atomic mass is 9.99. The highest BCUT2D eigenvalue weighted by Crippen LogP contribution is 2.16. The Balaban J connectivity index is 1.70. The minimum absolute atomic E-state index is 0.213. The standard InChI is InChI=1S/C16H24FN3O/c1-12-5-8-20(9-6-12)10-7-18-16(21)19-15-4-3-13(2)11-14(15)17/h3-4,11-12H,5-10H2,1-2H3,(H2,18,19,21). The van der Waals surface area contributed by atoms with Gasteiger partial charge in [0, 0.05) is 13.1 Å². The topological polar surface area (TPSA) is 44.4 Å². The molecule has 1 heterocycles. The fraction of sp³-hybridized carbons (Fsp3) is 0.562. The number of hydrogen-bond acceptors (Lipinski definition) is 2. The molecule has 116 valence electrons. The van der Waals surface area contributed by atoms with E-state index >= 15 is 0 Å². The van der Waals surface area contributed by atoms with Crippen molar-refractivity contribution < 1.29 is 9.18 Å². The first-order valence-electron chi connectivity index (χ1n) is 7.58. The first-order valence-corrected chi connectivity index (χ1v) is 7.58.